The van der Waals surface area contributed by atoms with Gasteiger partial charge in [0.15, 0.2) is 5.75 Å². The summed E-state index contributed by atoms with van der Waals surface area (Å²) < 4.78 is 7.29. The van der Waals surface area contributed by atoms with Crippen LogP contribution in [0.4, 0.5) is 0 Å². The lowest BCUT2D eigenvalue weighted by Crippen LogP contribution is -2.45. The summed E-state index contributed by atoms with van der Waals surface area (Å²) in [6, 6.07) is 1.21. The zero-order chi connectivity index (χ0) is 16.3. The molecule has 7 nitrogen and oxygen atoms in total. The van der Waals surface area contributed by atoms with Gasteiger partial charge in [-0.2, -0.15) is 0 Å². The van der Waals surface area contributed by atoms with Gasteiger partial charge in [-0.05, 0) is 13.8 Å². The minimum absolute atomic E-state index is 0.0740. The van der Waals surface area contributed by atoms with E-state index in [1.54, 1.807) is 4.57 Å². The lowest BCUT2D eigenvalue weighted by atomic mass is 10.2. The molecule has 0 amide bonds. The summed E-state index contributed by atoms with van der Waals surface area (Å²) >= 11 is 0. The van der Waals surface area contributed by atoms with Crippen LogP contribution in [0.15, 0.2) is 10.9 Å². The van der Waals surface area contributed by atoms with E-state index < -0.39 is 5.43 Å². The summed E-state index contributed by atoms with van der Waals surface area (Å²) in [5.74, 6) is -0.322. The van der Waals surface area contributed by atoms with Crippen LogP contribution in [0.5, 0.6) is 5.75 Å². The normalized spacial score (nSPS) is 22.9. The Balaban J connectivity index is 2.35. The number of hydrogen-bond acceptors (Lipinski definition) is 6. The van der Waals surface area contributed by atoms with Crippen LogP contribution in [0.3, 0.4) is 0 Å². The van der Waals surface area contributed by atoms with Gasteiger partial charge in [0, 0.05) is 37.9 Å². The maximum Gasteiger partial charge on any atom is 0.223 e. The molecule has 3 N–H and O–H groups in total. The number of ether oxygens (including phenoxy) is 1. The Kier molecular flexibility index (Phi) is 5.57. The molecule has 7 heteroatoms. The summed E-state index contributed by atoms with van der Waals surface area (Å²) in [6.45, 7) is 5.47. The smallest absolute Gasteiger partial charge is 0.223 e. The molecule has 1 aliphatic heterocycles. The first-order chi connectivity index (χ1) is 10.5. The predicted molar refractivity (Wildman–Crippen MR) is 80.7 cm³/mol. The number of aliphatic hydroxyl groups excluding tert-OH is 2. The molecule has 2 rings (SSSR count). The van der Waals surface area contributed by atoms with E-state index in [0.29, 0.717) is 31.0 Å². The molecule has 0 bridgehead atoms. The molecule has 2 unspecified atom stereocenters. The molecular formula is C15H24N2O5. The molecule has 2 atom stereocenters. The van der Waals surface area contributed by atoms with E-state index in [0.717, 1.165) is 0 Å². The number of hydrogen-bond donors (Lipinski definition) is 3. The number of aliphatic hydroxyl groups is 2. The largest absolute Gasteiger partial charge is 0.503 e. The first-order valence-electron chi connectivity index (χ1n) is 7.50. The summed E-state index contributed by atoms with van der Waals surface area (Å²) in [5, 5.41) is 28.8. The van der Waals surface area contributed by atoms with E-state index in [2.05, 4.69) is 4.90 Å². The molecule has 124 valence electrons. The van der Waals surface area contributed by atoms with Gasteiger partial charge in [0.05, 0.1) is 31.1 Å². The number of aromatic nitrogens is 1. The van der Waals surface area contributed by atoms with Crippen molar-refractivity contribution in [2.75, 3.05) is 19.7 Å². The third-order valence-electron chi connectivity index (χ3n) is 3.83. The van der Waals surface area contributed by atoms with Crippen molar-refractivity contribution < 1.29 is 20.1 Å². The number of aromatic hydroxyl groups is 1. The average Bonchev–Trinajstić information content (AvgIpc) is 2.45. The van der Waals surface area contributed by atoms with Crippen LogP contribution in [0.1, 0.15) is 25.2 Å². The zero-order valence-corrected chi connectivity index (χ0v) is 13.0. The maximum absolute atomic E-state index is 11.9. The fourth-order valence-corrected chi connectivity index (χ4v) is 3.04. The van der Waals surface area contributed by atoms with Crippen LogP contribution in [0.2, 0.25) is 0 Å². The van der Waals surface area contributed by atoms with Crippen molar-refractivity contribution in [1.82, 2.24) is 9.47 Å². The lowest BCUT2D eigenvalue weighted by molar-refractivity contribution is -0.0712. The first-order valence-corrected chi connectivity index (χ1v) is 7.50. The van der Waals surface area contributed by atoms with Gasteiger partial charge in [-0.1, -0.05) is 0 Å². The predicted octanol–water partition coefficient (Wildman–Crippen LogP) is -0.352. The number of pyridine rings is 1. The van der Waals surface area contributed by atoms with E-state index in [9.17, 15) is 20.1 Å². The Labute approximate surface area is 129 Å². The lowest BCUT2D eigenvalue weighted by Gasteiger charge is -2.36. The summed E-state index contributed by atoms with van der Waals surface area (Å²) in [5.41, 5.74) is 0.302. The van der Waals surface area contributed by atoms with Gasteiger partial charge in [0.2, 0.25) is 5.43 Å². The van der Waals surface area contributed by atoms with Gasteiger partial charge in [-0.25, -0.2) is 0 Å². The maximum atomic E-state index is 11.9. The molecule has 0 radical (unpaired) electrons. The number of morpholine rings is 1. The van der Waals surface area contributed by atoms with E-state index in [4.69, 9.17) is 4.74 Å². The highest BCUT2D eigenvalue weighted by atomic mass is 16.5. The SMILES string of the molecule is CC1CN(Cc2c(O)c(=O)cc(CO)n2CCO)CC(C)O1. The summed E-state index contributed by atoms with van der Waals surface area (Å²) in [7, 11) is 0. The molecule has 1 saturated heterocycles. The third-order valence-corrected chi connectivity index (χ3v) is 3.83. The molecule has 1 aromatic heterocycles. The molecule has 22 heavy (non-hydrogen) atoms. The van der Waals surface area contributed by atoms with Crippen LogP contribution in [-0.4, -0.2) is 56.7 Å². The van der Waals surface area contributed by atoms with Crippen LogP contribution >= 0.6 is 0 Å². The van der Waals surface area contributed by atoms with Crippen molar-refractivity contribution in [2.45, 2.75) is 45.8 Å². The molecule has 0 aromatic carbocycles. The molecule has 1 fully saturated rings. The second-order valence-corrected chi connectivity index (χ2v) is 5.78. The van der Waals surface area contributed by atoms with Crippen LogP contribution in [-0.2, 0) is 24.4 Å². The molecule has 0 saturated carbocycles. The van der Waals surface area contributed by atoms with Crippen molar-refractivity contribution >= 4 is 0 Å². The second kappa shape index (κ2) is 7.23. The van der Waals surface area contributed by atoms with E-state index >= 15 is 0 Å². The summed E-state index contributed by atoms with van der Waals surface area (Å²) in [6.07, 6.45) is 0.148. The fourth-order valence-electron chi connectivity index (χ4n) is 3.04. The van der Waals surface area contributed by atoms with Crippen molar-refractivity contribution in [2.24, 2.45) is 0 Å². The van der Waals surface area contributed by atoms with Crippen molar-refractivity contribution in [3.05, 3.63) is 27.7 Å². The standard InChI is InChI=1S/C15H24N2O5/c1-10-6-16(7-11(2)22-10)8-13-15(21)14(20)5-12(9-19)17(13)3-4-18/h5,10-11,18-19,21H,3-4,6-9H2,1-2H3. The minimum Gasteiger partial charge on any atom is -0.503 e. The monoisotopic (exact) mass is 312 g/mol. The Morgan fingerprint density at radius 2 is 1.91 bits per heavy atom. The average molecular weight is 312 g/mol. The van der Waals surface area contributed by atoms with Crippen LogP contribution in [0.25, 0.3) is 0 Å². The zero-order valence-electron chi connectivity index (χ0n) is 13.0. The molecule has 1 aromatic rings. The Hall–Kier alpha value is -1.41. The first kappa shape index (κ1) is 17.0. The molecule has 2 heterocycles. The topological polar surface area (TPSA) is 95.2 Å². The highest BCUT2D eigenvalue weighted by Gasteiger charge is 2.25. The van der Waals surface area contributed by atoms with Crippen molar-refractivity contribution in [3.8, 4) is 5.75 Å². The molecule has 1 aliphatic rings. The third kappa shape index (κ3) is 3.67. The minimum atomic E-state index is -0.511. The molecule has 0 aliphatic carbocycles. The van der Waals surface area contributed by atoms with Gasteiger partial charge < -0.3 is 24.6 Å². The Morgan fingerprint density at radius 1 is 1.27 bits per heavy atom. The van der Waals surface area contributed by atoms with Crippen molar-refractivity contribution in [3.63, 3.8) is 0 Å². The van der Waals surface area contributed by atoms with E-state index in [1.165, 1.54) is 6.07 Å². The van der Waals surface area contributed by atoms with Gasteiger partial charge in [0.1, 0.15) is 0 Å². The number of nitrogens with zero attached hydrogens (tertiary/aromatic N) is 2. The van der Waals surface area contributed by atoms with Gasteiger partial charge >= 0.3 is 0 Å². The highest BCUT2D eigenvalue weighted by Crippen LogP contribution is 2.20. The van der Waals surface area contributed by atoms with Crippen LogP contribution < -0.4 is 5.43 Å². The second-order valence-electron chi connectivity index (χ2n) is 5.78. The Morgan fingerprint density at radius 3 is 2.45 bits per heavy atom. The molecular weight excluding hydrogens is 288 g/mol. The summed E-state index contributed by atoms with van der Waals surface area (Å²) in [4.78, 5) is 14.0. The Bertz CT molecular complexity index is 562. The van der Waals surface area contributed by atoms with Crippen LogP contribution in [0, 0.1) is 0 Å². The van der Waals surface area contributed by atoms with Gasteiger partial charge in [0.25, 0.3) is 0 Å². The quantitative estimate of drug-likeness (QED) is 0.688. The van der Waals surface area contributed by atoms with Crippen molar-refractivity contribution in [1.29, 1.82) is 0 Å². The highest BCUT2D eigenvalue weighted by molar-refractivity contribution is 5.30. The fraction of sp³-hybridized carbons (Fsp3) is 0.667. The van der Waals surface area contributed by atoms with E-state index in [-0.39, 0.29) is 37.7 Å². The van der Waals surface area contributed by atoms with Gasteiger partial charge in [-0.3, -0.25) is 9.69 Å². The molecule has 0 spiro atoms. The van der Waals surface area contributed by atoms with Gasteiger partial charge in [-0.15, -0.1) is 0 Å². The van der Waals surface area contributed by atoms with E-state index in [1.807, 2.05) is 13.8 Å². The number of rotatable bonds is 5.